The number of carbonyl (C=O) groups is 2. The SMILES string of the molecule is CN1CCN(C[C@@H]2Cc3ccccc3CN2C(=O)c2cc3c(cc2-n2cc(C(=O)N(c4ccc(O)c(Cl)c4)c4ccc5c(ccn5C)c4)c4ccccc42)OCO3)CC1. The zero-order valence-electron chi connectivity index (χ0n) is 32.8. The van der Waals surface area contributed by atoms with Crippen molar-refractivity contribution in [1.29, 1.82) is 0 Å². The number of aryl methyl sites for hydroxylation is 1. The van der Waals surface area contributed by atoms with E-state index in [1.54, 1.807) is 23.1 Å². The number of rotatable bonds is 7. The molecule has 298 valence electrons. The number of phenolic OH excluding ortho intramolecular Hbond substituents is 1. The van der Waals surface area contributed by atoms with Crippen LogP contribution < -0.4 is 14.4 Å². The number of aromatic nitrogens is 2. The third kappa shape index (κ3) is 6.65. The van der Waals surface area contributed by atoms with Gasteiger partial charge in [-0.05, 0) is 79.2 Å². The van der Waals surface area contributed by atoms with E-state index in [4.69, 9.17) is 21.1 Å². The highest BCUT2D eigenvalue weighted by molar-refractivity contribution is 6.32. The molecule has 7 aromatic rings. The quantitative estimate of drug-likeness (QED) is 0.175. The number of nitrogens with zero attached hydrogens (tertiary/aromatic N) is 6. The van der Waals surface area contributed by atoms with E-state index in [2.05, 4.69) is 35.0 Å². The molecule has 0 bridgehead atoms. The van der Waals surface area contributed by atoms with E-state index in [0.717, 1.165) is 61.1 Å². The van der Waals surface area contributed by atoms with Crippen LogP contribution in [0.25, 0.3) is 27.5 Å². The number of piperazine rings is 1. The van der Waals surface area contributed by atoms with Crippen molar-refractivity contribution in [2.45, 2.75) is 19.0 Å². The number of carbonyl (C=O) groups excluding carboxylic acids is 2. The van der Waals surface area contributed by atoms with Gasteiger partial charge in [0.1, 0.15) is 5.75 Å². The van der Waals surface area contributed by atoms with E-state index >= 15 is 9.59 Å². The summed E-state index contributed by atoms with van der Waals surface area (Å²) in [6, 6.07) is 32.3. The number of ether oxygens (including phenoxy) is 2. The van der Waals surface area contributed by atoms with Crippen LogP contribution in [0.4, 0.5) is 11.4 Å². The molecule has 0 radical (unpaired) electrons. The number of fused-ring (bicyclic) bond motifs is 4. The Kier molecular flexibility index (Phi) is 9.31. The van der Waals surface area contributed by atoms with E-state index < -0.39 is 0 Å². The zero-order chi connectivity index (χ0) is 40.4. The molecule has 5 heterocycles. The van der Waals surface area contributed by atoms with E-state index in [1.165, 1.54) is 11.6 Å². The average molecular weight is 807 g/mol. The largest absolute Gasteiger partial charge is 0.506 e. The number of hydrogen-bond donors (Lipinski definition) is 1. The Bertz CT molecular complexity index is 2790. The van der Waals surface area contributed by atoms with Gasteiger partial charge in [-0.1, -0.05) is 54.1 Å². The van der Waals surface area contributed by atoms with Crippen molar-refractivity contribution in [1.82, 2.24) is 23.8 Å². The highest BCUT2D eigenvalue weighted by Crippen LogP contribution is 2.41. The monoisotopic (exact) mass is 806 g/mol. The normalized spacial score (nSPS) is 16.8. The fourth-order valence-electron chi connectivity index (χ4n) is 8.87. The molecule has 0 aliphatic carbocycles. The van der Waals surface area contributed by atoms with Gasteiger partial charge in [0.2, 0.25) is 6.79 Å². The van der Waals surface area contributed by atoms with E-state index in [1.807, 2.05) is 94.1 Å². The number of halogens is 1. The molecular formula is C47H43ClN6O5. The van der Waals surface area contributed by atoms with Gasteiger partial charge in [-0.2, -0.15) is 0 Å². The summed E-state index contributed by atoms with van der Waals surface area (Å²) in [5, 5.41) is 12.1. The second-order valence-corrected chi connectivity index (χ2v) is 16.2. The molecule has 10 rings (SSSR count). The van der Waals surface area contributed by atoms with Gasteiger partial charge in [0, 0.05) is 92.8 Å². The maximum Gasteiger partial charge on any atom is 0.265 e. The van der Waals surface area contributed by atoms with Crippen molar-refractivity contribution in [2.24, 2.45) is 7.05 Å². The Balaban J connectivity index is 1.10. The molecule has 2 amide bonds. The van der Waals surface area contributed by atoms with Crippen LogP contribution in [0.15, 0.2) is 116 Å². The molecule has 1 fully saturated rings. The van der Waals surface area contributed by atoms with Crippen molar-refractivity contribution in [3.63, 3.8) is 0 Å². The lowest BCUT2D eigenvalue weighted by Gasteiger charge is -2.41. The summed E-state index contributed by atoms with van der Waals surface area (Å²) in [5.74, 6) is 0.516. The van der Waals surface area contributed by atoms with Gasteiger partial charge in [-0.15, -0.1) is 0 Å². The number of anilines is 2. The lowest BCUT2D eigenvalue weighted by molar-refractivity contribution is 0.0535. The van der Waals surface area contributed by atoms with Gasteiger partial charge >= 0.3 is 0 Å². The minimum absolute atomic E-state index is 0.0433. The van der Waals surface area contributed by atoms with Gasteiger partial charge in [-0.3, -0.25) is 19.4 Å². The molecule has 11 nitrogen and oxygen atoms in total. The van der Waals surface area contributed by atoms with Gasteiger partial charge in [0.25, 0.3) is 11.8 Å². The fourth-order valence-corrected chi connectivity index (χ4v) is 9.04. The first kappa shape index (κ1) is 37.0. The van der Waals surface area contributed by atoms with Crippen molar-refractivity contribution < 1.29 is 24.2 Å². The molecule has 3 aliphatic rings. The molecule has 3 aliphatic heterocycles. The minimum atomic E-state index is -0.314. The summed E-state index contributed by atoms with van der Waals surface area (Å²) in [6.07, 6.45) is 4.54. The van der Waals surface area contributed by atoms with Gasteiger partial charge < -0.3 is 33.5 Å². The van der Waals surface area contributed by atoms with Crippen LogP contribution in [-0.2, 0) is 20.0 Å². The zero-order valence-corrected chi connectivity index (χ0v) is 33.6. The maximum absolute atomic E-state index is 15.3. The van der Waals surface area contributed by atoms with Gasteiger partial charge in [0.15, 0.2) is 11.5 Å². The number of para-hydroxylation sites is 1. The second-order valence-electron chi connectivity index (χ2n) is 15.8. The van der Waals surface area contributed by atoms with E-state index in [-0.39, 0.29) is 35.4 Å². The maximum atomic E-state index is 15.3. The molecule has 0 saturated carbocycles. The standard InChI is InChI=1S/C47H43ClN6O5/c1-49-17-19-51(20-18-49)27-35-21-30-7-3-4-8-32(30)26-52(35)46(56)37-24-44-45(59-29-58-44)25-42(37)53-28-38(36-9-5-6-10-41(36)53)47(57)54(34-12-14-43(55)39(48)23-34)33-11-13-40-31(22-33)15-16-50(40)2/h3-16,22-25,28,35,55H,17-21,26-27,29H2,1-2H3/t35-/m0/s1. The predicted molar refractivity (Wildman–Crippen MR) is 230 cm³/mol. The van der Waals surface area contributed by atoms with Crippen LogP contribution in [-0.4, -0.2) is 93.4 Å². The molecule has 1 saturated heterocycles. The molecule has 5 aromatic carbocycles. The van der Waals surface area contributed by atoms with Gasteiger partial charge in [0.05, 0.1) is 33.0 Å². The van der Waals surface area contributed by atoms with Crippen molar-refractivity contribution in [3.05, 3.63) is 143 Å². The highest BCUT2D eigenvalue weighted by atomic mass is 35.5. The summed E-state index contributed by atoms with van der Waals surface area (Å²) in [6.45, 7) is 5.17. The van der Waals surface area contributed by atoms with Crippen LogP contribution >= 0.6 is 11.6 Å². The first-order valence-electron chi connectivity index (χ1n) is 19.9. The van der Waals surface area contributed by atoms with Crippen LogP contribution in [0, 0.1) is 0 Å². The number of phenols is 1. The Morgan fingerprint density at radius 3 is 2.34 bits per heavy atom. The van der Waals surface area contributed by atoms with Crippen LogP contribution in [0.1, 0.15) is 31.8 Å². The third-order valence-electron chi connectivity index (χ3n) is 12.1. The van der Waals surface area contributed by atoms with Crippen molar-refractivity contribution in [2.75, 3.05) is 51.5 Å². The number of hydrogen-bond acceptors (Lipinski definition) is 7. The van der Waals surface area contributed by atoms with Crippen LogP contribution in [0.5, 0.6) is 17.2 Å². The topological polar surface area (TPSA) is 95.7 Å². The lowest BCUT2D eigenvalue weighted by Crippen LogP contribution is -2.53. The number of benzene rings is 5. The van der Waals surface area contributed by atoms with E-state index in [0.29, 0.717) is 51.6 Å². The van der Waals surface area contributed by atoms with Gasteiger partial charge in [-0.25, -0.2) is 0 Å². The summed E-state index contributed by atoms with van der Waals surface area (Å²) >= 11 is 6.47. The molecular weight excluding hydrogens is 764 g/mol. The van der Waals surface area contributed by atoms with Crippen LogP contribution in [0.3, 0.4) is 0 Å². The highest BCUT2D eigenvalue weighted by Gasteiger charge is 2.35. The molecule has 12 heteroatoms. The molecule has 1 atom stereocenters. The van der Waals surface area contributed by atoms with Crippen molar-refractivity contribution >= 4 is 56.6 Å². The first-order valence-corrected chi connectivity index (χ1v) is 20.3. The lowest BCUT2D eigenvalue weighted by atomic mass is 9.92. The number of amides is 2. The summed E-state index contributed by atoms with van der Waals surface area (Å²) in [4.78, 5) is 39.0. The second kappa shape index (κ2) is 14.8. The smallest absolute Gasteiger partial charge is 0.265 e. The third-order valence-corrected chi connectivity index (χ3v) is 12.4. The van der Waals surface area contributed by atoms with E-state index in [9.17, 15) is 5.11 Å². The number of aromatic hydroxyl groups is 1. The van der Waals surface area contributed by atoms with Crippen molar-refractivity contribution in [3.8, 4) is 22.9 Å². The summed E-state index contributed by atoms with van der Waals surface area (Å²) in [7, 11) is 4.13. The Labute approximate surface area is 346 Å². The molecule has 59 heavy (non-hydrogen) atoms. The Hall–Kier alpha value is -6.27. The average Bonchev–Trinajstić information content (AvgIpc) is 3.98. The number of likely N-dealkylation sites (N-methyl/N-ethyl adjacent to an activating group) is 1. The fraction of sp³-hybridized carbons (Fsp3) is 0.234. The first-order chi connectivity index (χ1) is 28.7. The summed E-state index contributed by atoms with van der Waals surface area (Å²) in [5.41, 5.74) is 6.73. The Morgan fingerprint density at radius 2 is 1.53 bits per heavy atom. The predicted octanol–water partition coefficient (Wildman–Crippen LogP) is 8.00. The minimum Gasteiger partial charge on any atom is -0.506 e. The van der Waals surface area contributed by atoms with Crippen LogP contribution in [0.2, 0.25) is 5.02 Å². The Morgan fingerprint density at radius 1 is 0.797 bits per heavy atom. The molecule has 0 spiro atoms. The summed E-state index contributed by atoms with van der Waals surface area (Å²) < 4.78 is 15.8. The molecule has 0 unspecified atom stereocenters. The molecule has 2 aromatic heterocycles. The molecule has 1 N–H and O–H groups in total.